The predicted octanol–water partition coefficient (Wildman–Crippen LogP) is 3.07. The molecule has 0 unspecified atom stereocenters. The Balaban J connectivity index is 1.67. The van der Waals surface area contributed by atoms with Crippen LogP contribution < -0.4 is 10.2 Å². The van der Waals surface area contributed by atoms with Crippen LogP contribution in [0.4, 0.5) is 5.69 Å². The predicted molar refractivity (Wildman–Crippen MR) is 96.5 cm³/mol. The number of anilines is 1. The molecule has 6 nitrogen and oxygen atoms in total. The number of fused-ring (bicyclic) bond motifs is 1. The Morgan fingerprint density at radius 2 is 2.17 bits per heavy atom. The van der Waals surface area contributed by atoms with Crippen molar-refractivity contribution in [2.45, 2.75) is 6.92 Å². The Labute approximate surface area is 150 Å². The maximum absolute atomic E-state index is 12.0. The van der Waals surface area contributed by atoms with Crippen LogP contribution in [0.25, 0.3) is 11.0 Å². The maximum atomic E-state index is 12.0. The lowest BCUT2D eigenvalue weighted by molar-refractivity contribution is -0.121. The quantitative estimate of drug-likeness (QED) is 0.631. The van der Waals surface area contributed by atoms with Gasteiger partial charge >= 0.3 is 0 Å². The zero-order valence-electron chi connectivity index (χ0n) is 12.1. The summed E-state index contributed by atoms with van der Waals surface area (Å²) in [5, 5.41) is 11.1. The number of carbonyl (C=O) groups excluding carboxylic acids is 1. The Hall–Kier alpha value is -1.87. The van der Waals surface area contributed by atoms with E-state index in [-0.39, 0.29) is 12.5 Å². The summed E-state index contributed by atoms with van der Waals surface area (Å²) in [4.78, 5) is 18.6. The molecule has 3 aromatic rings. The van der Waals surface area contributed by atoms with Crippen LogP contribution in [0.15, 0.2) is 36.4 Å². The average Bonchev–Trinajstić information content (AvgIpc) is 2.90. The number of nitrogens with zero attached hydrogens (tertiary/aromatic N) is 3. The van der Waals surface area contributed by atoms with E-state index in [2.05, 4.69) is 38.2 Å². The second-order valence-corrected chi connectivity index (χ2v) is 6.56. The molecule has 0 radical (unpaired) electrons. The number of hydrogen-bond acceptors (Lipinski definition) is 4. The maximum Gasteiger partial charge on any atom is 0.265 e. The number of aromatic nitrogens is 3. The molecule has 0 saturated carbocycles. The molecule has 0 aliphatic heterocycles. The largest absolute Gasteiger partial charge is 0.385 e. The van der Waals surface area contributed by atoms with Crippen molar-refractivity contribution < 1.29 is 9.63 Å². The molecule has 1 heterocycles. The number of rotatable bonds is 4. The van der Waals surface area contributed by atoms with Gasteiger partial charge < -0.3 is 10.2 Å². The highest BCUT2D eigenvalue weighted by Crippen LogP contribution is 2.18. The lowest BCUT2D eigenvalue weighted by Crippen LogP contribution is -2.26. The molecule has 0 aliphatic carbocycles. The number of aryl methyl sites for hydroxylation is 1. The molecular weight excluding hydrogens is 431 g/mol. The summed E-state index contributed by atoms with van der Waals surface area (Å²) in [6.45, 7) is 1.75. The first-order valence-electron chi connectivity index (χ1n) is 6.73. The topological polar surface area (TPSA) is 69.0 Å². The summed E-state index contributed by atoms with van der Waals surface area (Å²) in [5.74, 6) is -0.278. The van der Waals surface area contributed by atoms with Crippen molar-refractivity contribution in [3.63, 3.8) is 0 Å². The molecule has 0 aliphatic rings. The van der Waals surface area contributed by atoms with Crippen LogP contribution >= 0.6 is 34.2 Å². The number of nitrogens with one attached hydrogen (secondary N) is 1. The normalized spacial score (nSPS) is 10.7. The highest BCUT2D eigenvalue weighted by Gasteiger charge is 2.10. The fourth-order valence-electron chi connectivity index (χ4n) is 2.04. The second-order valence-electron chi connectivity index (χ2n) is 4.88. The van der Waals surface area contributed by atoms with E-state index in [1.807, 2.05) is 25.1 Å². The van der Waals surface area contributed by atoms with Gasteiger partial charge in [0.05, 0.1) is 0 Å². The lowest BCUT2D eigenvalue weighted by atomic mass is 10.2. The van der Waals surface area contributed by atoms with Gasteiger partial charge in [-0.05, 0) is 76.7 Å². The van der Waals surface area contributed by atoms with Crippen LogP contribution in [0.1, 0.15) is 5.56 Å². The molecule has 0 saturated heterocycles. The van der Waals surface area contributed by atoms with Crippen molar-refractivity contribution in [3.05, 3.63) is 50.6 Å². The van der Waals surface area contributed by atoms with Crippen molar-refractivity contribution in [3.8, 4) is 0 Å². The van der Waals surface area contributed by atoms with E-state index in [1.165, 1.54) is 4.85 Å². The summed E-state index contributed by atoms with van der Waals surface area (Å²) in [6, 6.07) is 10.9. The van der Waals surface area contributed by atoms with Gasteiger partial charge in [-0.15, -0.1) is 5.10 Å². The van der Waals surface area contributed by atoms with Crippen LogP contribution in [0, 0.1) is 10.5 Å². The zero-order valence-corrected chi connectivity index (χ0v) is 15.0. The van der Waals surface area contributed by atoms with Crippen LogP contribution in [0.2, 0.25) is 5.02 Å². The van der Waals surface area contributed by atoms with Crippen LogP contribution in [-0.2, 0) is 4.79 Å². The van der Waals surface area contributed by atoms with Gasteiger partial charge in [0.1, 0.15) is 11.0 Å². The van der Waals surface area contributed by atoms with Gasteiger partial charge in [0, 0.05) is 14.3 Å². The molecule has 1 amide bonds. The van der Waals surface area contributed by atoms with E-state index < -0.39 is 0 Å². The SMILES string of the molecule is Cc1cc(I)ccc1NC(=O)COn1nnc2ccc(Cl)cc21. The van der Waals surface area contributed by atoms with Gasteiger partial charge in [-0.2, -0.15) is 0 Å². The third kappa shape index (κ3) is 3.73. The molecule has 1 aromatic heterocycles. The minimum Gasteiger partial charge on any atom is -0.385 e. The fourth-order valence-corrected chi connectivity index (χ4v) is 2.85. The molecule has 0 fully saturated rings. The first-order chi connectivity index (χ1) is 11.0. The smallest absolute Gasteiger partial charge is 0.265 e. The Kier molecular flexibility index (Phi) is 4.67. The van der Waals surface area contributed by atoms with E-state index in [0.717, 1.165) is 14.8 Å². The fraction of sp³-hybridized carbons (Fsp3) is 0.133. The third-order valence-electron chi connectivity index (χ3n) is 3.16. The summed E-state index contributed by atoms with van der Waals surface area (Å²) in [5.41, 5.74) is 2.99. The lowest BCUT2D eigenvalue weighted by Gasteiger charge is -2.09. The second kappa shape index (κ2) is 6.71. The van der Waals surface area contributed by atoms with Gasteiger partial charge in [-0.25, -0.2) is 0 Å². The third-order valence-corrected chi connectivity index (χ3v) is 4.06. The zero-order chi connectivity index (χ0) is 16.4. The number of halogens is 2. The molecule has 118 valence electrons. The number of benzene rings is 2. The summed E-state index contributed by atoms with van der Waals surface area (Å²) >= 11 is 8.17. The summed E-state index contributed by atoms with van der Waals surface area (Å²) < 4.78 is 1.11. The van der Waals surface area contributed by atoms with Crippen molar-refractivity contribution in [2.24, 2.45) is 0 Å². The molecule has 1 N–H and O–H groups in total. The Morgan fingerprint density at radius 3 is 2.96 bits per heavy atom. The molecule has 23 heavy (non-hydrogen) atoms. The summed E-state index contributed by atoms with van der Waals surface area (Å²) in [7, 11) is 0. The highest BCUT2D eigenvalue weighted by atomic mass is 127. The van der Waals surface area contributed by atoms with Crippen molar-refractivity contribution in [2.75, 3.05) is 11.9 Å². The van der Waals surface area contributed by atoms with Crippen LogP contribution in [0.5, 0.6) is 0 Å². The molecule has 0 atom stereocenters. The minimum absolute atomic E-state index is 0.184. The molecule has 0 spiro atoms. The van der Waals surface area contributed by atoms with Crippen molar-refractivity contribution >= 4 is 56.8 Å². The molecular formula is C15H12ClIN4O2. The molecule has 2 aromatic carbocycles. The van der Waals surface area contributed by atoms with E-state index in [4.69, 9.17) is 16.4 Å². The van der Waals surface area contributed by atoms with E-state index in [1.54, 1.807) is 18.2 Å². The van der Waals surface area contributed by atoms with Crippen molar-refractivity contribution in [1.82, 2.24) is 15.2 Å². The van der Waals surface area contributed by atoms with Crippen LogP contribution in [-0.4, -0.2) is 27.7 Å². The van der Waals surface area contributed by atoms with E-state index in [0.29, 0.717) is 16.1 Å². The molecule has 0 bridgehead atoms. The van der Waals surface area contributed by atoms with Gasteiger partial charge in [-0.1, -0.05) is 16.4 Å². The number of hydrogen-bond donors (Lipinski definition) is 1. The first-order valence-corrected chi connectivity index (χ1v) is 8.19. The van der Waals surface area contributed by atoms with E-state index >= 15 is 0 Å². The molecule has 3 rings (SSSR count). The minimum atomic E-state index is -0.278. The first kappa shape index (κ1) is 16.0. The van der Waals surface area contributed by atoms with Gasteiger partial charge in [0.25, 0.3) is 5.91 Å². The standard InChI is InChI=1S/C15H12ClIN4O2/c1-9-6-11(17)3-5-12(9)18-15(22)8-23-21-14-7-10(16)2-4-13(14)19-20-21/h2-7H,8H2,1H3,(H,18,22). The Morgan fingerprint density at radius 1 is 1.35 bits per heavy atom. The van der Waals surface area contributed by atoms with Gasteiger partial charge in [0.15, 0.2) is 6.61 Å². The average molecular weight is 443 g/mol. The number of amides is 1. The van der Waals surface area contributed by atoms with Crippen molar-refractivity contribution in [1.29, 1.82) is 0 Å². The van der Waals surface area contributed by atoms with E-state index in [9.17, 15) is 4.79 Å². The van der Waals surface area contributed by atoms with Gasteiger partial charge in [0.2, 0.25) is 0 Å². The van der Waals surface area contributed by atoms with Crippen LogP contribution in [0.3, 0.4) is 0 Å². The van der Waals surface area contributed by atoms with Gasteiger partial charge in [-0.3, -0.25) is 4.79 Å². The molecule has 8 heteroatoms. The summed E-state index contributed by atoms with van der Waals surface area (Å²) in [6.07, 6.45) is 0. The highest BCUT2D eigenvalue weighted by molar-refractivity contribution is 14.1. The monoisotopic (exact) mass is 442 g/mol. The number of carbonyl (C=O) groups is 1. The Bertz CT molecular complexity index is 881.